The minimum absolute atomic E-state index is 0.0218. The molecule has 2 atom stereocenters. The molecule has 6 rings (SSSR count). The molecule has 5 heteroatoms. The quantitative estimate of drug-likeness (QED) is 0.724. The van der Waals surface area contributed by atoms with E-state index in [4.69, 9.17) is 0 Å². The van der Waals surface area contributed by atoms with E-state index in [1.165, 1.54) is 28.6 Å². The smallest absolute Gasteiger partial charge is 0.245 e. The summed E-state index contributed by atoms with van der Waals surface area (Å²) in [5.41, 5.74) is 5.78. The Labute approximate surface area is 171 Å². The molecule has 5 nitrogen and oxygen atoms in total. The molecule has 3 aromatic rings. The molecule has 1 aromatic heterocycles. The van der Waals surface area contributed by atoms with Crippen LogP contribution in [0.25, 0.3) is 0 Å². The van der Waals surface area contributed by atoms with Crippen LogP contribution in [-0.2, 0) is 4.79 Å². The van der Waals surface area contributed by atoms with Gasteiger partial charge in [-0.15, -0.1) is 0 Å². The van der Waals surface area contributed by atoms with Gasteiger partial charge < -0.3 is 5.32 Å². The zero-order valence-electron chi connectivity index (χ0n) is 16.8. The van der Waals surface area contributed by atoms with Crippen LogP contribution in [0, 0.1) is 11.8 Å². The van der Waals surface area contributed by atoms with Gasteiger partial charge in [-0.1, -0.05) is 62.4 Å². The number of nitrogens with one attached hydrogen (secondary N) is 1. The summed E-state index contributed by atoms with van der Waals surface area (Å²) >= 11 is 0. The van der Waals surface area contributed by atoms with Crippen molar-refractivity contribution in [2.24, 2.45) is 11.8 Å². The van der Waals surface area contributed by atoms with E-state index >= 15 is 0 Å². The molecule has 3 aliphatic rings. The van der Waals surface area contributed by atoms with E-state index in [0.29, 0.717) is 24.3 Å². The van der Waals surface area contributed by atoms with Crippen molar-refractivity contribution >= 4 is 5.91 Å². The van der Waals surface area contributed by atoms with Crippen molar-refractivity contribution in [3.05, 3.63) is 83.4 Å². The fourth-order valence-electron chi connectivity index (χ4n) is 5.39. The molecule has 0 radical (unpaired) electrons. The van der Waals surface area contributed by atoms with Crippen LogP contribution >= 0.6 is 0 Å². The zero-order chi connectivity index (χ0) is 20.0. The molecule has 2 bridgehead atoms. The highest BCUT2D eigenvalue weighted by Gasteiger charge is 2.43. The predicted octanol–water partition coefficient (Wildman–Crippen LogP) is 3.89. The Bertz CT molecular complexity index is 979. The van der Waals surface area contributed by atoms with Gasteiger partial charge in [0, 0.05) is 18.4 Å². The van der Waals surface area contributed by atoms with Crippen molar-refractivity contribution in [3.8, 4) is 0 Å². The van der Waals surface area contributed by atoms with Gasteiger partial charge in [0.25, 0.3) is 0 Å². The van der Waals surface area contributed by atoms with Gasteiger partial charge in [0.1, 0.15) is 18.7 Å². The first-order valence-electron chi connectivity index (χ1n) is 10.4. The summed E-state index contributed by atoms with van der Waals surface area (Å²) in [7, 11) is 0. The van der Waals surface area contributed by atoms with E-state index in [-0.39, 0.29) is 17.9 Å². The highest BCUT2D eigenvalue weighted by Crippen LogP contribution is 2.55. The number of aromatic nitrogens is 3. The number of rotatable bonds is 5. The first kappa shape index (κ1) is 18.1. The number of amides is 1. The van der Waals surface area contributed by atoms with Crippen LogP contribution in [0.1, 0.15) is 60.4 Å². The van der Waals surface area contributed by atoms with Crippen LogP contribution in [0.3, 0.4) is 0 Å². The Balaban J connectivity index is 1.40. The van der Waals surface area contributed by atoms with E-state index in [9.17, 15) is 4.79 Å². The van der Waals surface area contributed by atoms with Crippen LogP contribution < -0.4 is 5.32 Å². The van der Waals surface area contributed by atoms with Gasteiger partial charge in [-0.2, -0.15) is 5.10 Å². The highest BCUT2D eigenvalue weighted by atomic mass is 16.2. The summed E-state index contributed by atoms with van der Waals surface area (Å²) in [5, 5.41) is 7.44. The van der Waals surface area contributed by atoms with E-state index in [0.717, 1.165) is 6.42 Å². The van der Waals surface area contributed by atoms with Gasteiger partial charge in [0.15, 0.2) is 0 Å². The Morgan fingerprint density at radius 2 is 1.69 bits per heavy atom. The number of hydrogen-bond donors (Lipinski definition) is 1. The molecule has 148 valence electrons. The van der Waals surface area contributed by atoms with Crippen molar-refractivity contribution in [1.29, 1.82) is 0 Å². The van der Waals surface area contributed by atoms with E-state index in [2.05, 4.69) is 63.9 Å². The SMILES string of the molecule is CC(C)[C@H](C(=O)NC[C@@H]1CC2c3ccccc3C1c1ccccc12)n1cncn1. The van der Waals surface area contributed by atoms with Crippen LogP contribution in [0.5, 0.6) is 0 Å². The first-order valence-corrected chi connectivity index (χ1v) is 10.4. The zero-order valence-corrected chi connectivity index (χ0v) is 16.8. The van der Waals surface area contributed by atoms with Gasteiger partial charge in [-0.05, 0) is 40.5 Å². The Morgan fingerprint density at radius 3 is 2.24 bits per heavy atom. The topological polar surface area (TPSA) is 59.8 Å². The molecule has 3 aliphatic carbocycles. The lowest BCUT2D eigenvalue weighted by molar-refractivity contribution is -0.126. The second-order valence-corrected chi connectivity index (χ2v) is 8.59. The van der Waals surface area contributed by atoms with E-state index in [1.807, 2.05) is 13.8 Å². The van der Waals surface area contributed by atoms with Crippen molar-refractivity contribution in [3.63, 3.8) is 0 Å². The second kappa shape index (κ2) is 7.14. The number of benzene rings is 2. The van der Waals surface area contributed by atoms with Gasteiger partial charge >= 0.3 is 0 Å². The fourth-order valence-corrected chi connectivity index (χ4v) is 5.39. The standard InChI is InChI=1S/C24H26N4O/c1-15(2)23(28-14-25-13-27-28)24(29)26-12-16-11-21-17-7-3-5-9-19(17)22(16)20-10-6-4-8-18(20)21/h3-10,13-16,21-23H,11-12H2,1-2H3,(H,26,29)/t16-,21?,22?,23+/m0/s1. The molecule has 0 saturated heterocycles. The predicted molar refractivity (Wildman–Crippen MR) is 112 cm³/mol. The Morgan fingerprint density at radius 1 is 1.07 bits per heavy atom. The average Bonchev–Trinajstić information content (AvgIpc) is 3.26. The molecule has 1 N–H and O–H groups in total. The normalized spacial score (nSPS) is 22.8. The van der Waals surface area contributed by atoms with Crippen LogP contribution in [0.15, 0.2) is 61.2 Å². The maximum absolute atomic E-state index is 13.0. The van der Waals surface area contributed by atoms with Crippen molar-refractivity contribution < 1.29 is 4.79 Å². The molecule has 0 saturated carbocycles. The third-order valence-electron chi connectivity index (χ3n) is 6.58. The summed E-state index contributed by atoms with van der Waals surface area (Å²) in [6.45, 7) is 4.77. The highest BCUT2D eigenvalue weighted by molar-refractivity contribution is 5.80. The number of carbonyl (C=O) groups is 1. The summed E-state index contributed by atoms with van der Waals surface area (Å²) in [6, 6.07) is 17.3. The Kier molecular flexibility index (Phi) is 4.46. The lowest BCUT2D eigenvalue weighted by atomic mass is 9.59. The molecule has 0 aliphatic heterocycles. The monoisotopic (exact) mass is 386 g/mol. The van der Waals surface area contributed by atoms with Gasteiger partial charge in [-0.25, -0.2) is 9.67 Å². The summed E-state index contributed by atoms with van der Waals surface area (Å²) < 4.78 is 1.66. The minimum atomic E-state index is -0.335. The van der Waals surface area contributed by atoms with E-state index < -0.39 is 0 Å². The van der Waals surface area contributed by atoms with Crippen LogP contribution in [-0.4, -0.2) is 27.2 Å². The fraction of sp³-hybridized carbons (Fsp3) is 0.375. The molecule has 0 spiro atoms. The molecule has 2 aromatic carbocycles. The number of fused-ring (bicyclic) bond motifs is 1. The van der Waals surface area contributed by atoms with Crippen LogP contribution in [0.2, 0.25) is 0 Å². The third kappa shape index (κ3) is 2.96. The third-order valence-corrected chi connectivity index (χ3v) is 6.58. The van der Waals surface area contributed by atoms with Crippen molar-refractivity contribution in [2.45, 2.75) is 38.1 Å². The molecule has 29 heavy (non-hydrogen) atoms. The largest absolute Gasteiger partial charge is 0.354 e. The number of hydrogen-bond acceptors (Lipinski definition) is 3. The minimum Gasteiger partial charge on any atom is -0.354 e. The maximum atomic E-state index is 13.0. The molecular formula is C24H26N4O. The van der Waals surface area contributed by atoms with E-state index in [1.54, 1.807) is 11.0 Å². The van der Waals surface area contributed by atoms with Crippen LogP contribution in [0.4, 0.5) is 0 Å². The molecule has 1 amide bonds. The Hall–Kier alpha value is -2.95. The average molecular weight is 386 g/mol. The lowest BCUT2D eigenvalue weighted by Crippen LogP contribution is -2.42. The molecule has 0 fully saturated rings. The lowest BCUT2D eigenvalue weighted by Gasteiger charge is -2.45. The number of carbonyl (C=O) groups excluding carboxylic acids is 1. The molecular weight excluding hydrogens is 360 g/mol. The summed E-state index contributed by atoms with van der Waals surface area (Å²) in [5.74, 6) is 1.33. The maximum Gasteiger partial charge on any atom is 0.245 e. The van der Waals surface area contributed by atoms with Crippen molar-refractivity contribution in [1.82, 2.24) is 20.1 Å². The summed E-state index contributed by atoms with van der Waals surface area (Å²) in [4.78, 5) is 17.0. The van der Waals surface area contributed by atoms with Gasteiger partial charge in [0.05, 0.1) is 0 Å². The molecule has 1 heterocycles. The van der Waals surface area contributed by atoms with Gasteiger partial charge in [0.2, 0.25) is 5.91 Å². The second-order valence-electron chi connectivity index (χ2n) is 8.59. The molecule has 0 unspecified atom stereocenters. The first-order chi connectivity index (χ1) is 14.1. The summed E-state index contributed by atoms with van der Waals surface area (Å²) in [6.07, 6.45) is 4.19. The van der Waals surface area contributed by atoms with Gasteiger partial charge in [-0.3, -0.25) is 4.79 Å². The number of nitrogens with zero attached hydrogens (tertiary/aromatic N) is 3. The van der Waals surface area contributed by atoms with Crippen molar-refractivity contribution in [2.75, 3.05) is 6.54 Å².